The minimum atomic E-state index is -0.537. The Morgan fingerprint density at radius 3 is 2.39 bits per heavy atom. The molecule has 0 aromatic carbocycles. The summed E-state index contributed by atoms with van der Waals surface area (Å²) < 4.78 is 5.27. The lowest BCUT2D eigenvalue weighted by Gasteiger charge is -2.28. The van der Waals surface area contributed by atoms with Gasteiger partial charge in [-0.1, -0.05) is 0 Å². The van der Waals surface area contributed by atoms with Crippen LogP contribution in [0.2, 0.25) is 0 Å². The van der Waals surface area contributed by atoms with Crippen LogP contribution in [0.3, 0.4) is 0 Å². The molecule has 18 heavy (non-hydrogen) atoms. The molecule has 1 rings (SSSR count). The molecule has 1 fully saturated rings. The molecule has 0 radical (unpaired) electrons. The highest BCUT2D eigenvalue weighted by Crippen LogP contribution is 2.20. The largest absolute Gasteiger partial charge is 0.444 e. The summed E-state index contributed by atoms with van der Waals surface area (Å²) in [7, 11) is 1.63. The molecule has 5 heteroatoms. The van der Waals surface area contributed by atoms with Crippen molar-refractivity contribution in [1.29, 1.82) is 0 Å². The van der Waals surface area contributed by atoms with Crippen LogP contribution in [-0.4, -0.2) is 53.1 Å². The third kappa shape index (κ3) is 3.37. The molecule has 0 N–H and O–H groups in total. The fraction of sp³-hybridized carbons (Fsp3) is 0.846. The number of hydrogen-bond acceptors (Lipinski definition) is 3. The number of hydrogen-bond donors (Lipinski definition) is 0. The van der Waals surface area contributed by atoms with E-state index in [2.05, 4.69) is 0 Å². The summed E-state index contributed by atoms with van der Waals surface area (Å²) in [6.45, 7) is 10.1. The van der Waals surface area contributed by atoms with Gasteiger partial charge in [-0.15, -0.1) is 0 Å². The van der Waals surface area contributed by atoms with Crippen molar-refractivity contribution in [3.63, 3.8) is 0 Å². The average molecular weight is 256 g/mol. The molecular weight excluding hydrogens is 232 g/mol. The van der Waals surface area contributed by atoms with Crippen LogP contribution in [0.1, 0.15) is 41.0 Å². The Bertz CT molecular complexity index is 334. The number of rotatable bonds is 2. The van der Waals surface area contributed by atoms with Gasteiger partial charge in [-0.05, 0) is 41.0 Å². The van der Waals surface area contributed by atoms with Crippen molar-refractivity contribution >= 4 is 12.0 Å². The second kappa shape index (κ2) is 5.16. The van der Waals surface area contributed by atoms with E-state index in [1.54, 1.807) is 11.9 Å². The van der Waals surface area contributed by atoms with E-state index < -0.39 is 11.7 Å². The van der Waals surface area contributed by atoms with Crippen LogP contribution in [0.15, 0.2) is 0 Å². The van der Waals surface area contributed by atoms with Gasteiger partial charge in [0.25, 0.3) is 0 Å². The van der Waals surface area contributed by atoms with Crippen LogP contribution in [-0.2, 0) is 9.53 Å². The van der Waals surface area contributed by atoms with Crippen molar-refractivity contribution in [2.75, 3.05) is 13.6 Å². The second-order valence-electron chi connectivity index (χ2n) is 6.02. The number of likely N-dealkylation sites (N-methyl/N-ethyl adjacent to an activating group) is 1. The molecule has 0 bridgehead atoms. The van der Waals surface area contributed by atoms with Crippen LogP contribution in [0, 0.1) is 0 Å². The monoisotopic (exact) mass is 256 g/mol. The lowest BCUT2D eigenvalue weighted by molar-refractivity contribution is -0.133. The summed E-state index contributed by atoms with van der Waals surface area (Å²) >= 11 is 0. The van der Waals surface area contributed by atoms with Gasteiger partial charge in [-0.2, -0.15) is 0 Å². The van der Waals surface area contributed by atoms with E-state index in [1.165, 1.54) is 4.90 Å². The number of likely N-dealkylation sites (tertiary alicyclic amines) is 1. The third-order valence-electron chi connectivity index (χ3n) is 2.98. The van der Waals surface area contributed by atoms with Gasteiger partial charge in [0.1, 0.15) is 11.6 Å². The Kier molecular flexibility index (Phi) is 4.24. The molecule has 1 atom stereocenters. The van der Waals surface area contributed by atoms with Crippen molar-refractivity contribution < 1.29 is 14.3 Å². The SMILES string of the molecule is CC(C)N1CC[C@H](N(C)C(=O)OC(C)(C)C)C1=O. The summed E-state index contributed by atoms with van der Waals surface area (Å²) in [5.41, 5.74) is -0.537. The molecule has 1 saturated heterocycles. The van der Waals surface area contributed by atoms with Gasteiger partial charge < -0.3 is 9.64 Å². The van der Waals surface area contributed by atoms with Gasteiger partial charge in [0.2, 0.25) is 5.91 Å². The molecule has 1 aliphatic rings. The number of nitrogens with zero attached hydrogens (tertiary/aromatic N) is 2. The van der Waals surface area contributed by atoms with Gasteiger partial charge in [0.05, 0.1) is 0 Å². The number of carbonyl (C=O) groups is 2. The quantitative estimate of drug-likeness (QED) is 0.757. The molecule has 0 aromatic heterocycles. The van der Waals surface area contributed by atoms with E-state index in [-0.39, 0.29) is 18.0 Å². The molecular formula is C13H24N2O3. The molecule has 0 aliphatic carbocycles. The molecule has 0 saturated carbocycles. The third-order valence-corrected chi connectivity index (χ3v) is 2.98. The first kappa shape index (κ1) is 14.8. The van der Waals surface area contributed by atoms with Gasteiger partial charge in [-0.3, -0.25) is 9.69 Å². The first-order valence-electron chi connectivity index (χ1n) is 6.40. The van der Waals surface area contributed by atoms with Gasteiger partial charge in [0.15, 0.2) is 0 Å². The lowest BCUT2D eigenvalue weighted by atomic mass is 10.2. The van der Waals surface area contributed by atoms with Crippen molar-refractivity contribution in [2.24, 2.45) is 0 Å². The standard InChI is InChI=1S/C13H24N2O3/c1-9(2)15-8-7-10(11(15)16)14(6)12(17)18-13(3,4)5/h9-10H,7-8H2,1-6H3/t10-/m0/s1. The lowest BCUT2D eigenvalue weighted by Crippen LogP contribution is -2.46. The predicted octanol–water partition coefficient (Wildman–Crippen LogP) is 1.86. The summed E-state index contributed by atoms with van der Waals surface area (Å²) in [4.78, 5) is 27.2. The fourth-order valence-electron chi connectivity index (χ4n) is 2.02. The molecule has 0 aromatic rings. The highest BCUT2D eigenvalue weighted by Gasteiger charge is 2.38. The van der Waals surface area contributed by atoms with E-state index in [1.807, 2.05) is 34.6 Å². The van der Waals surface area contributed by atoms with Gasteiger partial charge >= 0.3 is 6.09 Å². The van der Waals surface area contributed by atoms with Crippen molar-refractivity contribution in [3.05, 3.63) is 0 Å². The van der Waals surface area contributed by atoms with Gasteiger partial charge in [0, 0.05) is 19.6 Å². The smallest absolute Gasteiger partial charge is 0.410 e. The summed E-state index contributed by atoms with van der Waals surface area (Å²) in [6, 6.07) is -0.211. The molecule has 0 spiro atoms. The molecule has 1 aliphatic heterocycles. The van der Waals surface area contributed by atoms with Crippen LogP contribution in [0.25, 0.3) is 0 Å². The Balaban J connectivity index is 2.66. The van der Waals surface area contributed by atoms with E-state index >= 15 is 0 Å². The minimum Gasteiger partial charge on any atom is -0.444 e. The molecule has 1 heterocycles. The van der Waals surface area contributed by atoms with Crippen molar-refractivity contribution in [2.45, 2.75) is 58.7 Å². The average Bonchev–Trinajstić information content (AvgIpc) is 2.56. The summed E-state index contributed by atoms with van der Waals surface area (Å²) in [6.07, 6.45) is 0.235. The maximum atomic E-state index is 12.1. The number of ether oxygens (including phenoxy) is 1. The fourth-order valence-corrected chi connectivity index (χ4v) is 2.02. The Hall–Kier alpha value is -1.26. The Labute approximate surface area is 109 Å². The van der Waals surface area contributed by atoms with Crippen molar-refractivity contribution in [3.8, 4) is 0 Å². The first-order chi connectivity index (χ1) is 8.13. The van der Waals surface area contributed by atoms with E-state index in [4.69, 9.17) is 4.74 Å². The Morgan fingerprint density at radius 1 is 1.44 bits per heavy atom. The van der Waals surface area contributed by atoms with E-state index in [0.717, 1.165) is 0 Å². The summed E-state index contributed by atoms with van der Waals surface area (Å²) in [5, 5.41) is 0. The first-order valence-corrected chi connectivity index (χ1v) is 6.40. The normalized spacial score (nSPS) is 20.5. The summed E-state index contributed by atoms with van der Waals surface area (Å²) in [5.74, 6) is 0.0124. The Morgan fingerprint density at radius 2 is 2.00 bits per heavy atom. The molecule has 0 unspecified atom stereocenters. The van der Waals surface area contributed by atoms with E-state index in [9.17, 15) is 9.59 Å². The van der Waals surface area contributed by atoms with Gasteiger partial charge in [-0.25, -0.2) is 4.79 Å². The number of amides is 2. The number of carbonyl (C=O) groups excluding carboxylic acids is 2. The minimum absolute atomic E-state index is 0.0124. The molecule has 2 amide bonds. The maximum Gasteiger partial charge on any atom is 0.410 e. The molecule has 104 valence electrons. The van der Waals surface area contributed by atoms with Crippen LogP contribution >= 0.6 is 0 Å². The van der Waals surface area contributed by atoms with Crippen LogP contribution in [0.4, 0.5) is 4.79 Å². The topological polar surface area (TPSA) is 49.9 Å². The zero-order chi connectivity index (χ0) is 14.1. The highest BCUT2D eigenvalue weighted by atomic mass is 16.6. The maximum absolute atomic E-state index is 12.1. The molecule has 5 nitrogen and oxygen atoms in total. The van der Waals surface area contributed by atoms with E-state index in [0.29, 0.717) is 13.0 Å². The van der Waals surface area contributed by atoms with Crippen molar-refractivity contribution in [1.82, 2.24) is 9.80 Å². The second-order valence-corrected chi connectivity index (χ2v) is 6.02. The highest BCUT2D eigenvalue weighted by molar-refractivity contribution is 5.87. The zero-order valence-corrected chi connectivity index (χ0v) is 12.2. The zero-order valence-electron chi connectivity index (χ0n) is 12.2. The van der Waals surface area contributed by atoms with Crippen LogP contribution in [0.5, 0.6) is 0 Å². The van der Waals surface area contributed by atoms with Crippen LogP contribution < -0.4 is 0 Å². The predicted molar refractivity (Wildman–Crippen MR) is 69.3 cm³/mol.